The summed E-state index contributed by atoms with van der Waals surface area (Å²) >= 11 is 3.37. The number of halogens is 1. The smallest absolute Gasteiger partial charge is 0.277 e. The number of hydrogen-bond donors (Lipinski definition) is 1. The number of nitrogens with one attached hydrogen (secondary N) is 1. The van der Waals surface area contributed by atoms with E-state index >= 15 is 0 Å². The van der Waals surface area contributed by atoms with E-state index in [0.29, 0.717) is 0 Å². The van der Waals surface area contributed by atoms with Gasteiger partial charge in [-0.3, -0.25) is 4.79 Å². The molecule has 4 nitrogen and oxygen atoms in total. The Kier molecular flexibility index (Phi) is 6.15. The fraction of sp³-hybridized carbons (Fsp3) is 0.263. The molecule has 0 aromatic heterocycles. The molecule has 2 rings (SSSR count). The van der Waals surface area contributed by atoms with E-state index in [-0.39, 0.29) is 17.9 Å². The number of benzene rings is 2. The maximum atomic E-state index is 11.9. The van der Waals surface area contributed by atoms with Crippen molar-refractivity contribution in [3.8, 4) is 5.75 Å². The van der Waals surface area contributed by atoms with Crippen molar-refractivity contribution < 1.29 is 9.53 Å². The summed E-state index contributed by atoms with van der Waals surface area (Å²) < 4.78 is 6.65. The summed E-state index contributed by atoms with van der Waals surface area (Å²) in [6.07, 6.45) is 1.59. The standard InChI is InChI=1S/C19H21BrN2O2/c1-19(2,3)16-6-4-5-7-17(16)24-13-18(23)22-21-12-14-8-10-15(20)11-9-14/h4-12H,13H2,1-3H3,(H,22,23)/b21-12+. The van der Waals surface area contributed by atoms with E-state index in [1.54, 1.807) is 6.21 Å². The van der Waals surface area contributed by atoms with Crippen molar-refractivity contribution in [1.29, 1.82) is 0 Å². The first-order chi connectivity index (χ1) is 11.4. The lowest BCUT2D eigenvalue weighted by molar-refractivity contribution is -0.123. The predicted molar refractivity (Wildman–Crippen MR) is 101 cm³/mol. The van der Waals surface area contributed by atoms with Crippen LogP contribution in [0, 0.1) is 0 Å². The molecule has 126 valence electrons. The molecule has 2 aromatic rings. The SMILES string of the molecule is CC(C)(C)c1ccccc1OCC(=O)N/N=C/c1ccc(Br)cc1. The number of carbonyl (C=O) groups is 1. The van der Waals surface area contributed by atoms with Crippen LogP contribution in [0.4, 0.5) is 0 Å². The Morgan fingerprint density at radius 1 is 1.17 bits per heavy atom. The third-order valence-electron chi connectivity index (χ3n) is 3.33. The van der Waals surface area contributed by atoms with Gasteiger partial charge in [-0.15, -0.1) is 0 Å². The summed E-state index contributed by atoms with van der Waals surface area (Å²) in [5.74, 6) is 0.420. The number of amides is 1. The summed E-state index contributed by atoms with van der Waals surface area (Å²) in [6.45, 7) is 6.25. The van der Waals surface area contributed by atoms with E-state index < -0.39 is 0 Å². The lowest BCUT2D eigenvalue weighted by Crippen LogP contribution is -2.25. The van der Waals surface area contributed by atoms with Crippen LogP contribution < -0.4 is 10.2 Å². The van der Waals surface area contributed by atoms with Crippen molar-refractivity contribution in [3.63, 3.8) is 0 Å². The van der Waals surface area contributed by atoms with Crippen LogP contribution in [0.3, 0.4) is 0 Å². The maximum Gasteiger partial charge on any atom is 0.277 e. The first-order valence-electron chi connectivity index (χ1n) is 7.66. The van der Waals surface area contributed by atoms with Gasteiger partial charge in [0.15, 0.2) is 6.61 Å². The Bertz CT molecular complexity index is 719. The van der Waals surface area contributed by atoms with Crippen molar-refractivity contribution in [2.24, 2.45) is 5.10 Å². The lowest BCUT2D eigenvalue weighted by atomic mass is 9.86. The largest absolute Gasteiger partial charge is 0.483 e. The number of hydrogen-bond acceptors (Lipinski definition) is 3. The highest BCUT2D eigenvalue weighted by Crippen LogP contribution is 2.30. The summed E-state index contributed by atoms with van der Waals surface area (Å²) in [5, 5.41) is 3.93. The molecule has 0 radical (unpaired) electrons. The molecule has 0 atom stereocenters. The van der Waals surface area contributed by atoms with Crippen LogP contribution >= 0.6 is 15.9 Å². The van der Waals surface area contributed by atoms with Crippen molar-refractivity contribution in [1.82, 2.24) is 5.43 Å². The van der Waals surface area contributed by atoms with E-state index in [1.807, 2.05) is 48.5 Å². The van der Waals surface area contributed by atoms with Gasteiger partial charge in [-0.25, -0.2) is 5.43 Å². The van der Waals surface area contributed by atoms with Crippen LogP contribution in [0.5, 0.6) is 5.75 Å². The first kappa shape index (κ1) is 18.2. The second-order valence-electron chi connectivity index (χ2n) is 6.38. The fourth-order valence-corrected chi connectivity index (χ4v) is 2.38. The molecule has 0 aliphatic rings. The van der Waals surface area contributed by atoms with E-state index in [2.05, 4.69) is 47.2 Å². The zero-order chi connectivity index (χ0) is 17.6. The quantitative estimate of drug-likeness (QED) is 0.613. The molecular formula is C19H21BrN2O2. The summed E-state index contributed by atoms with van der Waals surface area (Å²) in [5.41, 5.74) is 4.39. The van der Waals surface area contributed by atoms with Gasteiger partial charge in [0.1, 0.15) is 5.75 Å². The Labute approximate surface area is 151 Å². The molecule has 0 fully saturated rings. The van der Waals surface area contributed by atoms with Crippen molar-refractivity contribution in [3.05, 3.63) is 64.1 Å². The Balaban J connectivity index is 1.89. The second-order valence-corrected chi connectivity index (χ2v) is 7.30. The number of ether oxygens (including phenoxy) is 1. The monoisotopic (exact) mass is 388 g/mol. The molecule has 5 heteroatoms. The Morgan fingerprint density at radius 3 is 2.50 bits per heavy atom. The number of hydrazone groups is 1. The van der Waals surface area contributed by atoms with Gasteiger partial charge in [-0.1, -0.05) is 67.0 Å². The summed E-state index contributed by atoms with van der Waals surface area (Å²) in [6, 6.07) is 15.4. The van der Waals surface area contributed by atoms with Gasteiger partial charge in [0.2, 0.25) is 0 Å². The van der Waals surface area contributed by atoms with Gasteiger partial charge < -0.3 is 4.74 Å². The molecule has 0 saturated carbocycles. The van der Waals surface area contributed by atoms with E-state index in [0.717, 1.165) is 21.3 Å². The molecule has 0 heterocycles. The zero-order valence-corrected chi connectivity index (χ0v) is 15.6. The van der Waals surface area contributed by atoms with Gasteiger partial charge >= 0.3 is 0 Å². The maximum absolute atomic E-state index is 11.9. The van der Waals surface area contributed by atoms with Crippen LogP contribution in [-0.4, -0.2) is 18.7 Å². The molecular weight excluding hydrogens is 368 g/mol. The summed E-state index contributed by atoms with van der Waals surface area (Å²) in [4.78, 5) is 11.9. The Morgan fingerprint density at radius 2 is 1.83 bits per heavy atom. The predicted octanol–water partition coefficient (Wildman–Crippen LogP) is 4.28. The molecule has 24 heavy (non-hydrogen) atoms. The third kappa shape index (κ3) is 5.49. The van der Waals surface area contributed by atoms with Crippen molar-refractivity contribution in [2.75, 3.05) is 6.61 Å². The molecule has 2 aromatic carbocycles. The number of carbonyl (C=O) groups excluding carboxylic acids is 1. The number of para-hydroxylation sites is 1. The van der Waals surface area contributed by atoms with Crippen molar-refractivity contribution in [2.45, 2.75) is 26.2 Å². The molecule has 0 aliphatic heterocycles. The van der Waals surface area contributed by atoms with Gasteiger partial charge in [0.05, 0.1) is 6.21 Å². The number of rotatable bonds is 5. The molecule has 0 spiro atoms. The molecule has 1 amide bonds. The van der Waals surface area contributed by atoms with Gasteiger partial charge in [0, 0.05) is 4.47 Å². The molecule has 0 unspecified atom stereocenters. The van der Waals surface area contributed by atoms with E-state index in [1.165, 1.54) is 0 Å². The topological polar surface area (TPSA) is 50.7 Å². The highest BCUT2D eigenvalue weighted by molar-refractivity contribution is 9.10. The van der Waals surface area contributed by atoms with Crippen LogP contribution in [0.2, 0.25) is 0 Å². The zero-order valence-electron chi connectivity index (χ0n) is 14.0. The van der Waals surface area contributed by atoms with Gasteiger partial charge in [-0.05, 0) is 34.7 Å². The van der Waals surface area contributed by atoms with Crippen LogP contribution in [0.1, 0.15) is 31.9 Å². The van der Waals surface area contributed by atoms with Crippen LogP contribution in [0.25, 0.3) is 0 Å². The molecule has 0 aliphatic carbocycles. The van der Waals surface area contributed by atoms with Gasteiger partial charge in [0.25, 0.3) is 5.91 Å². The Hall–Kier alpha value is -2.14. The lowest BCUT2D eigenvalue weighted by Gasteiger charge is -2.22. The van der Waals surface area contributed by atoms with Gasteiger partial charge in [-0.2, -0.15) is 5.10 Å². The first-order valence-corrected chi connectivity index (χ1v) is 8.45. The summed E-state index contributed by atoms with van der Waals surface area (Å²) in [7, 11) is 0. The average molecular weight is 389 g/mol. The minimum absolute atomic E-state index is 0.0488. The normalized spacial score (nSPS) is 11.5. The van der Waals surface area contributed by atoms with Crippen molar-refractivity contribution >= 4 is 28.1 Å². The van der Waals surface area contributed by atoms with Crippen LogP contribution in [-0.2, 0) is 10.2 Å². The molecule has 0 bridgehead atoms. The molecule has 0 saturated heterocycles. The molecule has 1 N–H and O–H groups in total. The highest BCUT2D eigenvalue weighted by Gasteiger charge is 2.18. The highest BCUT2D eigenvalue weighted by atomic mass is 79.9. The second kappa shape index (κ2) is 8.11. The number of nitrogens with zero attached hydrogens (tertiary/aromatic N) is 1. The van der Waals surface area contributed by atoms with E-state index in [4.69, 9.17) is 4.74 Å². The minimum atomic E-state index is -0.299. The van der Waals surface area contributed by atoms with E-state index in [9.17, 15) is 4.79 Å². The fourth-order valence-electron chi connectivity index (χ4n) is 2.12. The third-order valence-corrected chi connectivity index (χ3v) is 3.86. The van der Waals surface area contributed by atoms with Crippen LogP contribution in [0.15, 0.2) is 58.1 Å². The minimum Gasteiger partial charge on any atom is -0.483 e. The average Bonchev–Trinajstić information content (AvgIpc) is 2.54.